The Morgan fingerprint density at radius 1 is 1.50 bits per heavy atom. The van der Waals surface area contributed by atoms with Gasteiger partial charge in [0.15, 0.2) is 0 Å². The van der Waals surface area contributed by atoms with E-state index in [9.17, 15) is 0 Å². The Labute approximate surface area is 72.8 Å². The molecule has 0 atom stereocenters. The van der Waals surface area contributed by atoms with Crippen LogP contribution in [0.2, 0.25) is 0 Å². The van der Waals surface area contributed by atoms with Crippen LogP contribution in [0, 0.1) is 0 Å². The molecule has 7 nitrogen and oxygen atoms in total. The van der Waals surface area contributed by atoms with Gasteiger partial charge >= 0.3 is 29.2 Å². The number of hydrogen-bond acceptors (Lipinski definition) is 6. The van der Waals surface area contributed by atoms with E-state index in [1.54, 1.807) is 0 Å². The smallest absolute Gasteiger partial charge is 0.672 e. The van der Waals surface area contributed by atoms with Gasteiger partial charge in [0.2, 0.25) is 0 Å². The van der Waals surface area contributed by atoms with Crippen LogP contribution in [0.1, 0.15) is 0 Å². The minimum Gasteiger partial charge on any atom is -0.672 e. The van der Waals surface area contributed by atoms with Gasteiger partial charge in [-0.3, -0.25) is 4.89 Å². The first-order valence-corrected chi connectivity index (χ1v) is 2.65. The molecule has 0 rings (SSSR count). The van der Waals surface area contributed by atoms with Gasteiger partial charge in [0.1, 0.15) is 0 Å². The Morgan fingerprint density at radius 3 is 1.60 bits per heavy atom. The molecule has 0 aromatic heterocycles. The van der Waals surface area contributed by atoms with E-state index in [1.165, 1.54) is 0 Å². The zero-order chi connectivity index (χ0) is 7.86. The summed E-state index contributed by atoms with van der Waals surface area (Å²) in [5, 5.41) is 14.3. The minimum atomic E-state index is -3.63. The molecule has 54 valence electrons. The van der Waals surface area contributed by atoms with E-state index >= 15 is 0 Å². The summed E-state index contributed by atoms with van der Waals surface area (Å²) >= 11 is 0. The molecule has 0 amide bonds. The Balaban J connectivity index is -0.0000000910. The molecule has 0 fully saturated rings. The number of carboxylic acid groups (broad SMARTS) is 1. The standard InChI is InChI=1S/CH2O4.Mg.O3Si/c2-1(3)5-4;;1-4(2)3/h4H,(H,2,3);;/q;+2;-2. The summed E-state index contributed by atoms with van der Waals surface area (Å²) in [6.07, 6.45) is -1.69. The van der Waals surface area contributed by atoms with Crippen LogP contribution in [0.25, 0.3) is 0 Å². The van der Waals surface area contributed by atoms with E-state index in [1.807, 2.05) is 0 Å². The zero-order valence-corrected chi connectivity index (χ0v) is 7.06. The normalized spacial score (nSPS) is 5.70. The van der Waals surface area contributed by atoms with Crippen molar-refractivity contribution in [2.45, 2.75) is 0 Å². The number of carbonyl (C=O) groups is 1. The average Bonchev–Trinajstić information content (AvgIpc) is 1.65. The molecule has 0 bridgehead atoms. The van der Waals surface area contributed by atoms with Crippen LogP contribution in [0.15, 0.2) is 0 Å². The average molecular weight is 178 g/mol. The van der Waals surface area contributed by atoms with Crippen molar-refractivity contribution >= 4 is 38.4 Å². The molecule has 0 spiro atoms. The fourth-order valence-corrected chi connectivity index (χ4v) is 0. The van der Waals surface area contributed by atoms with Crippen molar-refractivity contribution in [1.82, 2.24) is 0 Å². The van der Waals surface area contributed by atoms with Gasteiger partial charge in [0, 0.05) is 9.17 Å². The Morgan fingerprint density at radius 2 is 1.60 bits per heavy atom. The summed E-state index contributed by atoms with van der Waals surface area (Å²) < 4.78 is 8.52. The summed E-state index contributed by atoms with van der Waals surface area (Å²) in [4.78, 5) is 28.6. The molecular weight excluding hydrogens is 176 g/mol. The first-order chi connectivity index (χ1) is 4.00. The van der Waals surface area contributed by atoms with Crippen molar-refractivity contribution in [2.24, 2.45) is 0 Å². The maximum Gasteiger partial charge on any atom is 2.00 e. The second-order valence-electron chi connectivity index (χ2n) is 0.607. The van der Waals surface area contributed by atoms with Gasteiger partial charge in [-0.15, -0.1) is 0 Å². The van der Waals surface area contributed by atoms with E-state index in [0.29, 0.717) is 0 Å². The summed E-state index contributed by atoms with van der Waals surface area (Å²) in [7, 11) is -3.63. The Bertz CT molecular complexity index is 97.8. The molecule has 0 aromatic rings. The van der Waals surface area contributed by atoms with Crippen molar-refractivity contribution in [1.29, 1.82) is 0 Å². The predicted octanol–water partition coefficient (Wildman–Crippen LogP) is -3.10. The van der Waals surface area contributed by atoms with Crippen molar-refractivity contribution in [3.8, 4) is 0 Å². The fraction of sp³-hybridized carbons (Fsp3) is 0. The van der Waals surface area contributed by atoms with Crippen LogP contribution >= 0.6 is 0 Å². The summed E-state index contributed by atoms with van der Waals surface area (Å²) in [5.74, 6) is 0. The van der Waals surface area contributed by atoms with Gasteiger partial charge in [-0.25, -0.2) is 4.79 Å². The fourth-order valence-electron chi connectivity index (χ4n) is 0. The van der Waals surface area contributed by atoms with Gasteiger partial charge in [-0.1, -0.05) is 0 Å². The van der Waals surface area contributed by atoms with Crippen LogP contribution in [-0.4, -0.2) is 48.7 Å². The van der Waals surface area contributed by atoms with E-state index in [2.05, 4.69) is 4.89 Å². The first kappa shape index (κ1) is 16.3. The largest absolute Gasteiger partial charge is 2.00 e. The Kier molecular flexibility index (Phi) is 18.6. The van der Waals surface area contributed by atoms with Gasteiger partial charge in [-0.2, -0.15) is 5.26 Å². The van der Waals surface area contributed by atoms with Gasteiger partial charge in [0.05, 0.1) is 0 Å². The Hall–Kier alpha value is -0.387. The van der Waals surface area contributed by atoms with E-state index in [4.69, 9.17) is 29.2 Å². The third-order valence-corrected chi connectivity index (χ3v) is 0.0781. The summed E-state index contributed by atoms with van der Waals surface area (Å²) in [6, 6.07) is 0. The van der Waals surface area contributed by atoms with Crippen molar-refractivity contribution in [3.63, 3.8) is 0 Å². The molecule has 0 aliphatic rings. The maximum atomic E-state index is 8.90. The number of hydrogen-bond donors (Lipinski definition) is 2. The molecular formula is CH2MgO7Si. The van der Waals surface area contributed by atoms with Gasteiger partial charge in [-0.05, 0) is 0 Å². The third-order valence-electron chi connectivity index (χ3n) is 0.0781. The second-order valence-corrected chi connectivity index (χ2v) is 1.11. The van der Waals surface area contributed by atoms with Crippen LogP contribution < -0.4 is 9.59 Å². The zero-order valence-electron chi connectivity index (χ0n) is 4.64. The SMILES string of the molecule is O=C(O)OO.O=[Si]([O-])[O-].[Mg+2]. The molecule has 0 aromatic carbocycles. The van der Waals surface area contributed by atoms with E-state index in [-0.39, 0.29) is 23.1 Å². The molecule has 0 aliphatic carbocycles. The van der Waals surface area contributed by atoms with Crippen molar-refractivity contribution < 1.29 is 34.1 Å². The number of rotatable bonds is 0. The molecule has 9 heteroatoms. The predicted molar refractivity (Wildman–Crippen MR) is 23.9 cm³/mol. The molecule has 0 radical (unpaired) electrons. The summed E-state index contributed by atoms with van der Waals surface area (Å²) in [6.45, 7) is 0. The minimum absolute atomic E-state index is 0. The second kappa shape index (κ2) is 11.4. The van der Waals surface area contributed by atoms with Gasteiger partial charge in [0.25, 0.3) is 0 Å². The maximum absolute atomic E-state index is 8.90. The third kappa shape index (κ3) is 128. The molecule has 0 unspecified atom stereocenters. The summed E-state index contributed by atoms with van der Waals surface area (Å²) in [5.41, 5.74) is 0. The molecule has 0 saturated heterocycles. The van der Waals surface area contributed by atoms with E-state index < -0.39 is 15.3 Å². The monoisotopic (exact) mass is 178 g/mol. The molecule has 0 heterocycles. The first-order valence-electron chi connectivity index (χ1n) is 1.43. The van der Waals surface area contributed by atoms with Gasteiger partial charge < -0.3 is 19.2 Å². The van der Waals surface area contributed by atoms with Crippen LogP contribution in [0.3, 0.4) is 0 Å². The molecule has 2 N–H and O–H groups in total. The van der Waals surface area contributed by atoms with Crippen LogP contribution in [-0.2, 0) is 9.35 Å². The molecule has 0 aliphatic heterocycles. The molecule has 10 heavy (non-hydrogen) atoms. The van der Waals surface area contributed by atoms with Crippen molar-refractivity contribution in [3.05, 3.63) is 0 Å². The molecule has 0 saturated carbocycles. The van der Waals surface area contributed by atoms with Crippen molar-refractivity contribution in [2.75, 3.05) is 0 Å². The van der Waals surface area contributed by atoms with E-state index in [0.717, 1.165) is 0 Å². The van der Waals surface area contributed by atoms with Crippen LogP contribution in [0.4, 0.5) is 4.79 Å². The van der Waals surface area contributed by atoms with Crippen LogP contribution in [0.5, 0.6) is 0 Å². The topological polar surface area (TPSA) is 130 Å². The quantitative estimate of drug-likeness (QED) is 0.228.